The molecule has 0 radical (unpaired) electrons. The van der Waals surface area contributed by atoms with Crippen molar-refractivity contribution in [3.05, 3.63) is 59.8 Å². The smallest absolute Gasteiger partial charge is 0.186 e. The average Bonchev–Trinajstić information content (AvgIpc) is 3.20. The summed E-state index contributed by atoms with van der Waals surface area (Å²) in [4.78, 5) is 12.3. The number of ketones is 1. The van der Waals surface area contributed by atoms with Gasteiger partial charge in [-0.05, 0) is 48.6 Å². The van der Waals surface area contributed by atoms with E-state index in [2.05, 4.69) is 10.2 Å². The van der Waals surface area contributed by atoms with Crippen LogP contribution in [0.3, 0.4) is 0 Å². The van der Waals surface area contributed by atoms with E-state index >= 15 is 0 Å². The molecule has 0 amide bonds. The van der Waals surface area contributed by atoms with Gasteiger partial charge in [-0.15, -0.1) is 0 Å². The number of aromatic nitrogens is 2. The van der Waals surface area contributed by atoms with Gasteiger partial charge < -0.3 is 19.3 Å². The molecule has 0 aliphatic carbocycles. The lowest BCUT2D eigenvalue weighted by Crippen LogP contribution is -1.94. The fourth-order valence-electron chi connectivity index (χ4n) is 2.63. The van der Waals surface area contributed by atoms with Crippen molar-refractivity contribution in [2.45, 2.75) is 0 Å². The number of nitrogens with zero attached hydrogens (tertiary/aromatic N) is 1. The van der Waals surface area contributed by atoms with Gasteiger partial charge in [0.05, 0.1) is 32.7 Å². The Morgan fingerprint density at radius 3 is 2.32 bits per heavy atom. The summed E-state index contributed by atoms with van der Waals surface area (Å²) >= 11 is 0. The fourth-order valence-corrected chi connectivity index (χ4v) is 2.63. The third-order valence-corrected chi connectivity index (χ3v) is 4.12. The number of aromatic hydroxyl groups is 1. The molecule has 144 valence electrons. The quantitative estimate of drug-likeness (QED) is 0.479. The number of rotatable bonds is 7. The molecule has 0 aliphatic rings. The molecule has 2 N–H and O–H groups in total. The molecule has 0 atom stereocenters. The summed E-state index contributed by atoms with van der Waals surface area (Å²) in [5.74, 6) is 1.29. The number of hydrogen-bond acceptors (Lipinski definition) is 6. The highest BCUT2D eigenvalue weighted by Crippen LogP contribution is 2.29. The second-order valence-corrected chi connectivity index (χ2v) is 5.89. The number of H-pyrrole nitrogens is 1. The zero-order chi connectivity index (χ0) is 20.1. The largest absolute Gasteiger partial charge is 0.504 e. The molecule has 7 heteroatoms. The van der Waals surface area contributed by atoms with Gasteiger partial charge >= 0.3 is 0 Å². The van der Waals surface area contributed by atoms with Crippen LogP contribution in [0.1, 0.15) is 16.1 Å². The highest BCUT2D eigenvalue weighted by atomic mass is 16.5. The van der Waals surface area contributed by atoms with Crippen molar-refractivity contribution in [3.63, 3.8) is 0 Å². The number of allylic oxidation sites excluding steroid dienone is 1. The Labute approximate surface area is 162 Å². The van der Waals surface area contributed by atoms with E-state index in [0.29, 0.717) is 34.2 Å². The van der Waals surface area contributed by atoms with Crippen molar-refractivity contribution >= 4 is 11.9 Å². The van der Waals surface area contributed by atoms with Gasteiger partial charge in [0.1, 0.15) is 11.5 Å². The molecule has 0 saturated heterocycles. The Kier molecular flexibility index (Phi) is 5.64. The number of carbonyl (C=O) groups is 1. The van der Waals surface area contributed by atoms with E-state index in [0.717, 1.165) is 5.56 Å². The van der Waals surface area contributed by atoms with Gasteiger partial charge in [0, 0.05) is 17.2 Å². The number of ether oxygens (including phenoxy) is 3. The van der Waals surface area contributed by atoms with Gasteiger partial charge in [0.15, 0.2) is 17.3 Å². The predicted octanol–water partition coefficient (Wildman–Crippen LogP) is 3.70. The topological polar surface area (TPSA) is 93.7 Å². The average molecular weight is 380 g/mol. The Morgan fingerprint density at radius 2 is 1.71 bits per heavy atom. The Hall–Kier alpha value is -3.74. The number of benzene rings is 2. The van der Waals surface area contributed by atoms with Gasteiger partial charge in [-0.25, -0.2) is 0 Å². The van der Waals surface area contributed by atoms with E-state index in [9.17, 15) is 9.90 Å². The van der Waals surface area contributed by atoms with Crippen LogP contribution in [0.4, 0.5) is 0 Å². The van der Waals surface area contributed by atoms with Gasteiger partial charge in [-0.3, -0.25) is 9.89 Å². The lowest BCUT2D eigenvalue weighted by Gasteiger charge is -2.06. The van der Waals surface area contributed by atoms with E-state index in [1.807, 2.05) is 18.2 Å². The second-order valence-electron chi connectivity index (χ2n) is 5.89. The maximum Gasteiger partial charge on any atom is 0.186 e. The zero-order valence-corrected chi connectivity index (χ0v) is 15.7. The minimum absolute atomic E-state index is 0.0856. The molecular weight excluding hydrogens is 360 g/mol. The van der Waals surface area contributed by atoms with Crippen molar-refractivity contribution in [1.82, 2.24) is 10.2 Å². The number of aromatic amines is 1. The third-order valence-electron chi connectivity index (χ3n) is 4.12. The Morgan fingerprint density at radius 1 is 1.00 bits per heavy atom. The van der Waals surface area contributed by atoms with Crippen LogP contribution in [0.15, 0.2) is 48.5 Å². The lowest BCUT2D eigenvalue weighted by molar-refractivity contribution is 0.104. The SMILES string of the molecule is COc1cc(OC)cc(-c2cc(/C=C/C(=O)c3ccc(OC)c(O)c3)[nH]n2)c1. The van der Waals surface area contributed by atoms with Crippen molar-refractivity contribution in [2.75, 3.05) is 21.3 Å². The highest BCUT2D eigenvalue weighted by molar-refractivity contribution is 6.07. The summed E-state index contributed by atoms with van der Waals surface area (Å²) in [7, 11) is 4.61. The van der Waals surface area contributed by atoms with Crippen molar-refractivity contribution in [1.29, 1.82) is 0 Å². The van der Waals surface area contributed by atoms with Gasteiger partial charge in [0.2, 0.25) is 0 Å². The molecule has 0 aliphatic heterocycles. The van der Waals surface area contributed by atoms with Crippen LogP contribution in [-0.2, 0) is 0 Å². The monoisotopic (exact) mass is 380 g/mol. The molecule has 0 saturated carbocycles. The van der Waals surface area contributed by atoms with Crippen LogP contribution in [0.2, 0.25) is 0 Å². The molecular formula is C21H20N2O5. The molecule has 28 heavy (non-hydrogen) atoms. The normalized spacial score (nSPS) is 10.8. The summed E-state index contributed by atoms with van der Waals surface area (Å²) in [6.07, 6.45) is 3.03. The highest BCUT2D eigenvalue weighted by Gasteiger charge is 2.09. The van der Waals surface area contributed by atoms with Crippen LogP contribution in [0.25, 0.3) is 17.3 Å². The maximum atomic E-state index is 12.3. The van der Waals surface area contributed by atoms with Crippen molar-refractivity contribution in [2.24, 2.45) is 0 Å². The molecule has 0 bridgehead atoms. The first-order valence-corrected chi connectivity index (χ1v) is 8.42. The lowest BCUT2D eigenvalue weighted by atomic mass is 10.1. The van der Waals surface area contributed by atoms with Crippen LogP contribution in [0, 0.1) is 0 Å². The first kappa shape index (κ1) is 19.0. The van der Waals surface area contributed by atoms with Crippen LogP contribution >= 0.6 is 0 Å². The Balaban J connectivity index is 1.79. The molecule has 0 spiro atoms. The number of phenolic OH excluding ortho intramolecular Hbond substituents is 1. The first-order valence-electron chi connectivity index (χ1n) is 8.42. The predicted molar refractivity (Wildman–Crippen MR) is 105 cm³/mol. The van der Waals surface area contributed by atoms with E-state index < -0.39 is 0 Å². The number of methoxy groups -OCH3 is 3. The van der Waals surface area contributed by atoms with E-state index in [-0.39, 0.29) is 11.5 Å². The van der Waals surface area contributed by atoms with E-state index in [1.165, 1.54) is 19.3 Å². The molecule has 1 heterocycles. The number of phenols is 1. The molecule has 0 fully saturated rings. The van der Waals surface area contributed by atoms with Gasteiger partial charge in [-0.2, -0.15) is 5.10 Å². The fraction of sp³-hybridized carbons (Fsp3) is 0.143. The summed E-state index contributed by atoms with van der Waals surface area (Å²) in [5, 5.41) is 16.9. The zero-order valence-electron chi connectivity index (χ0n) is 15.7. The number of carbonyl (C=O) groups excluding carboxylic acids is 1. The molecule has 0 unspecified atom stereocenters. The van der Waals surface area contributed by atoms with Crippen molar-refractivity contribution < 1.29 is 24.1 Å². The number of hydrogen-bond donors (Lipinski definition) is 2. The molecule has 3 aromatic rings. The van der Waals surface area contributed by atoms with E-state index in [4.69, 9.17) is 14.2 Å². The van der Waals surface area contributed by atoms with Gasteiger partial charge in [0.25, 0.3) is 0 Å². The molecule has 1 aromatic heterocycles. The van der Waals surface area contributed by atoms with Crippen molar-refractivity contribution in [3.8, 4) is 34.3 Å². The maximum absolute atomic E-state index is 12.3. The first-order chi connectivity index (χ1) is 13.5. The van der Waals surface area contributed by atoms with Crippen LogP contribution in [0.5, 0.6) is 23.0 Å². The molecule has 3 rings (SSSR count). The van der Waals surface area contributed by atoms with Crippen LogP contribution in [-0.4, -0.2) is 42.4 Å². The van der Waals surface area contributed by atoms with E-state index in [1.54, 1.807) is 38.5 Å². The van der Waals surface area contributed by atoms with Crippen LogP contribution < -0.4 is 14.2 Å². The number of nitrogens with one attached hydrogen (secondary N) is 1. The third kappa shape index (κ3) is 4.15. The summed E-state index contributed by atoms with van der Waals surface area (Å²) < 4.78 is 15.5. The van der Waals surface area contributed by atoms with Gasteiger partial charge in [-0.1, -0.05) is 0 Å². The summed E-state index contributed by atoms with van der Waals surface area (Å²) in [6.45, 7) is 0. The second kappa shape index (κ2) is 8.30. The standard InChI is InChI=1S/C21H20N2O5/c1-26-16-8-14(9-17(12-16)27-2)18-11-15(22-23-18)5-6-19(24)13-4-7-21(28-3)20(25)10-13/h4-12,25H,1-3H3,(H,22,23)/b6-5+. The summed E-state index contributed by atoms with van der Waals surface area (Å²) in [6, 6.07) is 11.8. The molecule has 2 aromatic carbocycles. The Bertz CT molecular complexity index is 1000. The summed E-state index contributed by atoms with van der Waals surface area (Å²) in [5.41, 5.74) is 2.51. The minimum Gasteiger partial charge on any atom is -0.504 e. The molecule has 7 nitrogen and oxygen atoms in total. The minimum atomic E-state index is -0.253.